The number of Topliss-reactive ketones (excluding diaryl/α,β-unsaturated/α-hetero) is 1. The molecule has 4 aromatic carbocycles. The average Bonchev–Trinajstić information content (AvgIpc) is 4.08. The number of carbonyl (C=O) groups excluding carboxylic acids is 4. The number of anilines is 3. The quantitative estimate of drug-likeness (QED) is 0.0717. The molecule has 0 aliphatic carbocycles. The van der Waals surface area contributed by atoms with E-state index in [4.69, 9.17) is 28.2 Å². The lowest BCUT2D eigenvalue weighted by molar-refractivity contribution is -0.143. The van der Waals surface area contributed by atoms with E-state index in [1.165, 1.54) is 16.2 Å². The molecule has 0 spiro atoms. The monoisotopic (exact) mass is 996 g/mol. The standard InChI is InChI=1S/C55H61ClN8O6S/c1-54(2,3)50(51(68)62-34-44(65)31-46(62)47(66)24-11-36-9-12-39(13-10-36)48-33-58-35-70-48)59-49(67)8-6-7-25-60-26-28-61(29-27-60)41-19-14-37(15-20-41)38-16-21-42(22-17-38)64-53(71)63(52(69)55(64,4)5)43-23-18-40(32-57)45(56)30-43/h9-10,12-23,30,33,35,44,46,50,65H,6-8,11,24-29,31,34H2,1-5H3,(H,59,67)/t44-,46+,50-/m1/s1. The van der Waals surface area contributed by atoms with Gasteiger partial charge in [-0.25, -0.2) is 4.98 Å². The number of hydrogen-bond donors (Lipinski definition) is 2. The van der Waals surface area contributed by atoms with E-state index in [1.807, 2.05) is 94.1 Å². The van der Waals surface area contributed by atoms with Gasteiger partial charge in [-0.3, -0.25) is 29.0 Å². The molecule has 3 amide bonds. The second kappa shape index (κ2) is 21.5. The molecular weight excluding hydrogens is 936 g/mol. The molecule has 5 aromatic rings. The topological polar surface area (TPSA) is 167 Å². The normalized spacial score (nSPS) is 18.7. The molecule has 3 saturated heterocycles. The Morgan fingerprint density at radius 1 is 0.901 bits per heavy atom. The minimum absolute atomic E-state index is 0.0533. The fourth-order valence-electron chi connectivity index (χ4n) is 9.75. The highest BCUT2D eigenvalue weighted by atomic mass is 35.5. The van der Waals surface area contributed by atoms with Crippen LogP contribution in [-0.2, 0) is 25.6 Å². The number of halogens is 1. The molecular formula is C55H61ClN8O6S. The maximum Gasteiger partial charge on any atom is 0.259 e. The van der Waals surface area contributed by atoms with Crippen LogP contribution in [0.15, 0.2) is 108 Å². The van der Waals surface area contributed by atoms with Gasteiger partial charge in [0.25, 0.3) is 5.91 Å². The molecule has 0 unspecified atom stereocenters. The van der Waals surface area contributed by atoms with E-state index < -0.39 is 29.1 Å². The van der Waals surface area contributed by atoms with Crippen LogP contribution in [0.3, 0.4) is 0 Å². The number of aliphatic hydroxyl groups excluding tert-OH is 1. The Morgan fingerprint density at radius 3 is 2.14 bits per heavy atom. The Kier molecular flexibility index (Phi) is 15.4. The summed E-state index contributed by atoms with van der Waals surface area (Å²) in [5, 5.41) is 23.5. The summed E-state index contributed by atoms with van der Waals surface area (Å²) in [4.78, 5) is 68.3. The number of rotatable bonds is 16. The molecule has 0 bridgehead atoms. The van der Waals surface area contributed by atoms with Gasteiger partial charge in [-0.15, -0.1) is 0 Å². The molecule has 16 heteroatoms. The third-order valence-corrected chi connectivity index (χ3v) is 14.6. The fourth-order valence-corrected chi connectivity index (χ4v) is 10.5. The number of aliphatic hydroxyl groups is 1. The highest BCUT2D eigenvalue weighted by Gasteiger charge is 2.50. The summed E-state index contributed by atoms with van der Waals surface area (Å²) in [6, 6.07) is 29.6. The van der Waals surface area contributed by atoms with Gasteiger partial charge in [-0.1, -0.05) is 80.9 Å². The Balaban J connectivity index is 0.773. The molecule has 3 aliphatic heterocycles. The van der Waals surface area contributed by atoms with E-state index in [2.05, 4.69) is 44.4 Å². The summed E-state index contributed by atoms with van der Waals surface area (Å²) in [6.07, 6.45) is 4.91. The molecule has 8 rings (SSSR count). The highest BCUT2D eigenvalue weighted by Crippen LogP contribution is 2.38. The summed E-state index contributed by atoms with van der Waals surface area (Å²) in [5.74, 6) is -0.174. The second-order valence-electron chi connectivity index (χ2n) is 20.3. The predicted molar refractivity (Wildman–Crippen MR) is 280 cm³/mol. The van der Waals surface area contributed by atoms with E-state index >= 15 is 0 Å². The van der Waals surface area contributed by atoms with Crippen molar-refractivity contribution in [2.24, 2.45) is 5.41 Å². The van der Waals surface area contributed by atoms with E-state index in [0.29, 0.717) is 35.0 Å². The first kappa shape index (κ1) is 50.9. The van der Waals surface area contributed by atoms with Crippen LogP contribution in [0.25, 0.3) is 22.5 Å². The lowest BCUT2D eigenvalue weighted by Gasteiger charge is -2.36. The minimum atomic E-state index is -0.950. The Labute approximate surface area is 426 Å². The number of carbonyl (C=O) groups is 4. The molecule has 0 radical (unpaired) electrons. The third kappa shape index (κ3) is 11.4. The Morgan fingerprint density at radius 2 is 1.54 bits per heavy atom. The zero-order chi connectivity index (χ0) is 50.6. The maximum atomic E-state index is 14.1. The Bertz CT molecular complexity index is 2780. The highest BCUT2D eigenvalue weighted by molar-refractivity contribution is 7.81. The van der Waals surface area contributed by atoms with Gasteiger partial charge in [0.15, 0.2) is 23.0 Å². The van der Waals surface area contributed by atoms with Crippen LogP contribution >= 0.6 is 23.8 Å². The van der Waals surface area contributed by atoms with Crippen molar-refractivity contribution in [3.63, 3.8) is 0 Å². The summed E-state index contributed by atoms with van der Waals surface area (Å²) in [6.45, 7) is 13.9. The average molecular weight is 998 g/mol. The minimum Gasteiger partial charge on any atom is -0.444 e. The van der Waals surface area contributed by atoms with Crippen molar-refractivity contribution in [2.45, 2.75) is 96.9 Å². The molecule has 71 heavy (non-hydrogen) atoms. The van der Waals surface area contributed by atoms with Crippen LogP contribution < -0.4 is 20.0 Å². The van der Waals surface area contributed by atoms with Crippen molar-refractivity contribution in [2.75, 3.05) is 54.0 Å². The SMILES string of the molecule is CC(C)(C)[C@H](NC(=O)CCCCN1CCN(c2ccc(-c3ccc(N4C(=S)N(c5ccc(C#N)c(Cl)c5)C(=O)C4(C)C)cc3)cc2)CC1)C(=O)N1C[C@H](O)C[C@H]1C(=O)CCc1ccc(-c2cnco2)cc1. The number of aromatic nitrogens is 1. The number of likely N-dealkylation sites (tertiary alicyclic amines) is 1. The van der Waals surface area contributed by atoms with Gasteiger partial charge in [0.1, 0.15) is 17.6 Å². The van der Waals surface area contributed by atoms with Crippen molar-refractivity contribution in [3.05, 3.63) is 120 Å². The zero-order valence-corrected chi connectivity index (χ0v) is 42.5. The van der Waals surface area contributed by atoms with Crippen LogP contribution in [0.2, 0.25) is 5.02 Å². The third-order valence-electron chi connectivity index (χ3n) is 13.9. The number of nitrogens with one attached hydrogen (secondary N) is 1. The number of unbranched alkanes of at least 4 members (excludes halogenated alkanes) is 1. The molecule has 2 N–H and O–H groups in total. The van der Waals surface area contributed by atoms with Crippen molar-refractivity contribution in [1.82, 2.24) is 20.1 Å². The van der Waals surface area contributed by atoms with Crippen LogP contribution in [-0.4, -0.2) is 112 Å². The van der Waals surface area contributed by atoms with Crippen LogP contribution in [0, 0.1) is 16.7 Å². The number of hydrogen-bond acceptors (Lipinski definition) is 11. The number of nitriles is 1. The van der Waals surface area contributed by atoms with Gasteiger partial charge in [0.2, 0.25) is 11.8 Å². The van der Waals surface area contributed by atoms with E-state index in [-0.39, 0.29) is 54.3 Å². The lowest BCUT2D eigenvalue weighted by atomic mass is 9.85. The largest absolute Gasteiger partial charge is 0.444 e. The van der Waals surface area contributed by atoms with E-state index in [9.17, 15) is 29.5 Å². The van der Waals surface area contributed by atoms with E-state index in [1.54, 1.807) is 24.4 Å². The number of benzene rings is 4. The number of piperazine rings is 1. The summed E-state index contributed by atoms with van der Waals surface area (Å²) < 4.78 is 5.37. The van der Waals surface area contributed by atoms with Crippen molar-refractivity contribution in [1.29, 1.82) is 5.26 Å². The first-order valence-corrected chi connectivity index (χ1v) is 25.1. The van der Waals surface area contributed by atoms with Gasteiger partial charge in [-0.05, 0) is 116 Å². The van der Waals surface area contributed by atoms with Gasteiger partial charge >= 0.3 is 0 Å². The zero-order valence-electron chi connectivity index (χ0n) is 40.9. The molecule has 1 aromatic heterocycles. The van der Waals surface area contributed by atoms with Crippen molar-refractivity contribution in [3.8, 4) is 28.5 Å². The number of thiocarbonyl (C=S) groups is 1. The molecule has 3 atom stereocenters. The van der Waals surface area contributed by atoms with Gasteiger partial charge in [0, 0.05) is 68.9 Å². The first-order valence-electron chi connectivity index (χ1n) is 24.3. The first-order chi connectivity index (χ1) is 33.9. The summed E-state index contributed by atoms with van der Waals surface area (Å²) in [7, 11) is 0. The number of nitrogens with zero attached hydrogens (tertiary/aromatic N) is 7. The van der Waals surface area contributed by atoms with Gasteiger partial charge in [0.05, 0.1) is 34.6 Å². The molecule has 370 valence electrons. The van der Waals surface area contributed by atoms with Crippen molar-refractivity contribution >= 4 is 69.5 Å². The number of aryl methyl sites for hydroxylation is 1. The lowest BCUT2D eigenvalue weighted by Crippen LogP contribution is -2.56. The number of β-amino-alcohol motifs (C(OH)–C–C–N with tert-alkyl or cyclic N) is 1. The molecule has 3 aliphatic rings. The van der Waals surface area contributed by atoms with Crippen LogP contribution in [0.5, 0.6) is 0 Å². The number of ketones is 1. The van der Waals surface area contributed by atoms with Crippen LogP contribution in [0.1, 0.15) is 77.8 Å². The van der Waals surface area contributed by atoms with Crippen LogP contribution in [0.4, 0.5) is 17.1 Å². The molecule has 0 saturated carbocycles. The molecule has 4 heterocycles. The second-order valence-corrected chi connectivity index (χ2v) is 21.0. The van der Waals surface area contributed by atoms with Crippen molar-refractivity contribution < 1.29 is 28.7 Å². The molecule has 14 nitrogen and oxygen atoms in total. The maximum absolute atomic E-state index is 14.1. The fraction of sp³-hybridized carbons (Fsp3) is 0.400. The number of amides is 3. The van der Waals surface area contributed by atoms with Gasteiger partial charge < -0.3 is 29.5 Å². The van der Waals surface area contributed by atoms with E-state index in [0.717, 1.165) is 72.8 Å². The molecule has 3 fully saturated rings. The predicted octanol–water partition coefficient (Wildman–Crippen LogP) is 8.44. The summed E-state index contributed by atoms with van der Waals surface area (Å²) in [5.41, 5.74) is 5.18. The summed E-state index contributed by atoms with van der Waals surface area (Å²) >= 11 is 12.2. The smallest absolute Gasteiger partial charge is 0.259 e. The van der Waals surface area contributed by atoms with Gasteiger partial charge in [-0.2, -0.15) is 5.26 Å². The Hall–Kier alpha value is -6.44. The number of oxazole rings is 1.